The number of halogens is 2. The predicted molar refractivity (Wildman–Crippen MR) is 149 cm³/mol. The zero-order valence-electron chi connectivity index (χ0n) is 22.3. The van der Waals surface area contributed by atoms with Crippen molar-refractivity contribution in [1.82, 2.24) is 24.7 Å². The Labute approximate surface area is 228 Å². The highest BCUT2D eigenvalue weighted by Gasteiger charge is 2.24. The van der Waals surface area contributed by atoms with Crippen LogP contribution in [0.3, 0.4) is 0 Å². The van der Waals surface area contributed by atoms with Gasteiger partial charge in [-0.05, 0) is 65.1 Å². The molecule has 2 saturated heterocycles. The van der Waals surface area contributed by atoms with Gasteiger partial charge < -0.3 is 24.6 Å². The topological polar surface area (TPSA) is 66.0 Å². The molecule has 1 aromatic heterocycles. The van der Waals surface area contributed by atoms with Crippen molar-refractivity contribution in [3.63, 3.8) is 0 Å². The molecule has 204 valence electrons. The fourth-order valence-corrected chi connectivity index (χ4v) is 5.30. The van der Waals surface area contributed by atoms with Gasteiger partial charge in [0.15, 0.2) is 0 Å². The largest absolute Gasteiger partial charge is 0.492 e. The second-order valence-corrected chi connectivity index (χ2v) is 10.9. The summed E-state index contributed by atoms with van der Waals surface area (Å²) in [6.07, 6.45) is 4.66. The van der Waals surface area contributed by atoms with Crippen LogP contribution < -0.4 is 14.8 Å². The molecule has 0 bridgehead atoms. The maximum absolute atomic E-state index is 13.7. The number of nitrogens with one attached hydrogen (secondary N) is 1. The van der Waals surface area contributed by atoms with E-state index in [2.05, 4.69) is 51.1 Å². The Balaban J connectivity index is 1.38. The molecule has 2 aliphatic rings. The summed E-state index contributed by atoms with van der Waals surface area (Å²) in [5, 5.41) is 4.07. The maximum Gasteiger partial charge on any atom is 0.145 e. The number of aromatic nitrogens is 2. The average molecular weight is 543 g/mol. The second-order valence-electron chi connectivity index (χ2n) is 10.5. The minimum atomic E-state index is -0.469. The molecule has 5 rings (SSSR count). The van der Waals surface area contributed by atoms with E-state index < -0.39 is 5.82 Å². The first-order chi connectivity index (χ1) is 18.4. The zero-order chi connectivity index (χ0) is 26.6. The second kappa shape index (κ2) is 12.0. The van der Waals surface area contributed by atoms with Crippen molar-refractivity contribution in [2.45, 2.75) is 31.4 Å². The van der Waals surface area contributed by atoms with Crippen molar-refractivity contribution in [1.29, 1.82) is 0 Å². The number of rotatable bonds is 9. The summed E-state index contributed by atoms with van der Waals surface area (Å²) in [6, 6.07) is 8.97. The summed E-state index contributed by atoms with van der Waals surface area (Å²) in [5.41, 5.74) is 1.34. The average Bonchev–Trinajstić information content (AvgIpc) is 3.37. The van der Waals surface area contributed by atoms with E-state index in [4.69, 9.17) is 21.1 Å². The number of benzene rings is 2. The first kappa shape index (κ1) is 26.9. The van der Waals surface area contributed by atoms with Crippen molar-refractivity contribution >= 4 is 34.0 Å². The normalized spacial score (nSPS) is 19.4. The third-order valence-corrected chi connectivity index (χ3v) is 7.76. The lowest BCUT2D eigenvalue weighted by Crippen LogP contribution is -2.35. The van der Waals surface area contributed by atoms with Gasteiger partial charge in [0.05, 0.1) is 15.9 Å². The fourth-order valence-electron chi connectivity index (χ4n) is 5.12. The van der Waals surface area contributed by atoms with E-state index in [9.17, 15) is 4.39 Å². The molecule has 0 amide bonds. The van der Waals surface area contributed by atoms with Crippen molar-refractivity contribution in [2.24, 2.45) is 0 Å². The third kappa shape index (κ3) is 6.46. The monoisotopic (exact) mass is 542 g/mol. The van der Waals surface area contributed by atoms with Crippen LogP contribution in [0, 0.1) is 5.82 Å². The van der Waals surface area contributed by atoms with Gasteiger partial charge in [0.1, 0.15) is 42.2 Å². The van der Waals surface area contributed by atoms with Crippen molar-refractivity contribution in [2.75, 3.05) is 65.8 Å². The minimum Gasteiger partial charge on any atom is -0.492 e. The van der Waals surface area contributed by atoms with Crippen LogP contribution in [0.5, 0.6) is 11.5 Å². The van der Waals surface area contributed by atoms with Crippen LogP contribution in [0.1, 0.15) is 19.3 Å². The molecular formula is C28H36ClFN6O2. The van der Waals surface area contributed by atoms with Gasteiger partial charge in [0.25, 0.3) is 0 Å². The van der Waals surface area contributed by atoms with Gasteiger partial charge >= 0.3 is 0 Å². The molecular weight excluding hydrogens is 507 g/mol. The molecule has 2 aromatic carbocycles. The van der Waals surface area contributed by atoms with Gasteiger partial charge in [-0.15, -0.1) is 0 Å². The number of piperidine rings is 1. The van der Waals surface area contributed by atoms with Crippen LogP contribution in [0.15, 0.2) is 36.7 Å². The Morgan fingerprint density at radius 1 is 1.11 bits per heavy atom. The smallest absolute Gasteiger partial charge is 0.145 e. The lowest BCUT2D eigenvalue weighted by molar-refractivity contribution is 0.115. The molecule has 0 spiro atoms. The number of anilines is 2. The van der Waals surface area contributed by atoms with Crippen LogP contribution in [-0.4, -0.2) is 97.3 Å². The number of likely N-dealkylation sites (tertiary alicyclic amines) is 2. The molecule has 1 N–H and O–H groups in total. The molecule has 2 fully saturated rings. The molecule has 0 saturated carbocycles. The molecule has 1 atom stereocenters. The molecule has 2 aliphatic heterocycles. The Kier molecular flexibility index (Phi) is 8.48. The molecule has 0 radical (unpaired) electrons. The summed E-state index contributed by atoms with van der Waals surface area (Å²) in [4.78, 5) is 16.1. The molecule has 3 aromatic rings. The summed E-state index contributed by atoms with van der Waals surface area (Å²) >= 11 is 6.01. The first-order valence-corrected chi connectivity index (χ1v) is 13.6. The molecule has 3 heterocycles. The number of likely N-dealkylation sites (N-methyl/N-ethyl adjacent to an activating group) is 1. The van der Waals surface area contributed by atoms with E-state index in [1.165, 1.54) is 18.8 Å². The van der Waals surface area contributed by atoms with E-state index in [1.54, 1.807) is 12.1 Å². The summed E-state index contributed by atoms with van der Waals surface area (Å²) in [5.74, 6) is 1.50. The summed E-state index contributed by atoms with van der Waals surface area (Å²) in [7, 11) is 6.41. The lowest BCUT2D eigenvalue weighted by Gasteiger charge is -2.30. The Bertz CT molecular complexity index is 1250. The van der Waals surface area contributed by atoms with Crippen LogP contribution in [-0.2, 0) is 0 Å². The third-order valence-electron chi connectivity index (χ3n) is 7.47. The van der Waals surface area contributed by atoms with Crippen molar-refractivity contribution < 1.29 is 13.9 Å². The van der Waals surface area contributed by atoms with Gasteiger partial charge in [-0.3, -0.25) is 4.90 Å². The van der Waals surface area contributed by atoms with Gasteiger partial charge in [0, 0.05) is 50.0 Å². The number of nitrogens with zero attached hydrogens (tertiary/aromatic N) is 5. The number of hydrogen-bond donors (Lipinski definition) is 1. The Morgan fingerprint density at radius 2 is 1.92 bits per heavy atom. The van der Waals surface area contributed by atoms with Crippen LogP contribution >= 0.6 is 11.6 Å². The Morgan fingerprint density at radius 3 is 2.66 bits per heavy atom. The lowest BCUT2D eigenvalue weighted by atomic mass is 10.1. The quantitative estimate of drug-likeness (QED) is 0.419. The van der Waals surface area contributed by atoms with Crippen LogP contribution in [0.4, 0.5) is 15.9 Å². The van der Waals surface area contributed by atoms with Crippen molar-refractivity contribution in [3.05, 3.63) is 47.5 Å². The van der Waals surface area contributed by atoms with E-state index in [-0.39, 0.29) is 11.1 Å². The molecule has 10 heteroatoms. The molecule has 38 heavy (non-hydrogen) atoms. The molecule has 1 unspecified atom stereocenters. The van der Waals surface area contributed by atoms with E-state index in [0.29, 0.717) is 35.4 Å². The van der Waals surface area contributed by atoms with Gasteiger partial charge in [0.2, 0.25) is 0 Å². The van der Waals surface area contributed by atoms with Crippen molar-refractivity contribution in [3.8, 4) is 11.5 Å². The first-order valence-electron chi connectivity index (χ1n) is 13.2. The van der Waals surface area contributed by atoms with Crippen LogP contribution in [0.2, 0.25) is 5.02 Å². The zero-order valence-corrected chi connectivity index (χ0v) is 23.0. The predicted octanol–water partition coefficient (Wildman–Crippen LogP) is 4.65. The number of fused-ring (bicyclic) bond motifs is 1. The standard InChI is InChI=1S/C28H36ClFN6O2/c1-34(2)20-6-11-36(17-20)12-13-37-22-15-25-27(26(16-22)38-21-7-9-35(3)10-8-21)28(32-18-31-25)33-19-4-5-24(30)23(29)14-19/h4-5,14-16,18,20-21H,6-13,17H2,1-3H3,(H,31,32,33). The fraction of sp³-hybridized carbons (Fsp3) is 0.500. The minimum absolute atomic E-state index is 0.0433. The van der Waals surface area contributed by atoms with Gasteiger partial charge in [-0.1, -0.05) is 11.6 Å². The summed E-state index contributed by atoms with van der Waals surface area (Å²) in [6.45, 7) is 5.58. The highest BCUT2D eigenvalue weighted by atomic mass is 35.5. The molecule has 0 aliphatic carbocycles. The van der Waals surface area contributed by atoms with Gasteiger partial charge in [-0.25, -0.2) is 14.4 Å². The summed E-state index contributed by atoms with van der Waals surface area (Å²) < 4.78 is 26.5. The van der Waals surface area contributed by atoms with Gasteiger partial charge in [-0.2, -0.15) is 0 Å². The van der Waals surface area contributed by atoms with E-state index in [1.807, 2.05) is 12.1 Å². The highest BCUT2D eigenvalue weighted by Crippen LogP contribution is 2.37. The molecule has 8 nitrogen and oxygen atoms in total. The number of hydrogen-bond acceptors (Lipinski definition) is 8. The Hall–Kier alpha value is -2.72. The van der Waals surface area contributed by atoms with E-state index in [0.717, 1.165) is 56.7 Å². The van der Waals surface area contributed by atoms with E-state index >= 15 is 0 Å². The van der Waals surface area contributed by atoms with Crippen LogP contribution in [0.25, 0.3) is 10.9 Å². The maximum atomic E-state index is 13.7. The highest BCUT2D eigenvalue weighted by molar-refractivity contribution is 6.31. The number of ether oxygens (including phenoxy) is 2. The SMILES string of the molecule is CN1CCC(Oc2cc(OCCN3CCC(N(C)C)C3)cc3ncnc(Nc4ccc(F)c(Cl)c4)c23)CC1.